The van der Waals surface area contributed by atoms with Gasteiger partial charge in [0.1, 0.15) is 12.5 Å². The summed E-state index contributed by atoms with van der Waals surface area (Å²) in [7, 11) is 1.39. The monoisotopic (exact) mass is 481 g/mol. The second-order valence-corrected chi connectivity index (χ2v) is 8.50. The Hall–Kier alpha value is -3.22. The van der Waals surface area contributed by atoms with Gasteiger partial charge in [-0.15, -0.1) is 0 Å². The molecule has 184 valence electrons. The maximum absolute atomic E-state index is 12.5. The molecule has 1 saturated carbocycles. The van der Waals surface area contributed by atoms with Gasteiger partial charge in [-0.2, -0.15) is 18.2 Å². The minimum atomic E-state index is -4.53. The van der Waals surface area contributed by atoms with Crippen LogP contribution in [0.25, 0.3) is 11.3 Å². The van der Waals surface area contributed by atoms with E-state index in [4.69, 9.17) is 15.2 Å². The molecule has 3 heterocycles. The van der Waals surface area contributed by atoms with Crippen LogP contribution in [0.15, 0.2) is 18.5 Å². The molecule has 13 heteroatoms. The summed E-state index contributed by atoms with van der Waals surface area (Å²) in [5.74, 6) is -0.0232. The molecule has 2 N–H and O–H groups in total. The molecule has 1 atom stereocenters. The zero-order chi connectivity index (χ0) is 24.5. The van der Waals surface area contributed by atoms with Gasteiger partial charge in [-0.25, -0.2) is 15.0 Å². The fourth-order valence-electron chi connectivity index (χ4n) is 3.86. The fraction of sp³-hybridized carbons (Fsp3) is 0.571. The molecule has 10 nitrogen and oxygen atoms in total. The Labute approximate surface area is 194 Å². The molecule has 0 spiro atoms. The molecule has 34 heavy (non-hydrogen) atoms. The number of ether oxygens (including phenoxy) is 2. The van der Waals surface area contributed by atoms with Crippen LogP contribution in [0.1, 0.15) is 26.2 Å². The first kappa shape index (κ1) is 23.9. The van der Waals surface area contributed by atoms with Crippen molar-refractivity contribution in [3.63, 3.8) is 0 Å². The number of nitrogens with two attached hydrogens (primary N) is 1. The Morgan fingerprint density at radius 3 is 2.65 bits per heavy atom. The Morgan fingerprint density at radius 1 is 1.29 bits per heavy atom. The summed E-state index contributed by atoms with van der Waals surface area (Å²) < 4.78 is 49.1. The zero-order valence-electron chi connectivity index (χ0n) is 18.8. The van der Waals surface area contributed by atoms with Crippen molar-refractivity contribution in [2.45, 2.75) is 50.6 Å². The summed E-state index contributed by atoms with van der Waals surface area (Å²) in [4.78, 5) is 32.3. The van der Waals surface area contributed by atoms with E-state index in [9.17, 15) is 18.0 Å². The first-order chi connectivity index (χ1) is 16.1. The predicted octanol–water partition coefficient (Wildman–Crippen LogP) is 2.06. The number of carbonyl (C=O) groups excluding carboxylic acids is 1. The van der Waals surface area contributed by atoms with Crippen molar-refractivity contribution < 1.29 is 27.4 Å². The number of alkyl halides is 3. The summed E-state index contributed by atoms with van der Waals surface area (Å²) in [5.41, 5.74) is 6.77. The Kier molecular flexibility index (Phi) is 6.73. The van der Waals surface area contributed by atoms with Gasteiger partial charge in [-0.3, -0.25) is 4.79 Å². The summed E-state index contributed by atoms with van der Waals surface area (Å²) in [6.45, 7) is 3.70. The number of carbonyl (C=O) groups is 1. The quantitative estimate of drug-likeness (QED) is 0.661. The SMILES string of the molecule is C[C@H]1COCCN1c1nc(O[C@H]2C[C@H](N(C)C(=O)CC(F)(F)F)C2)cc(-c2cnc(N)nc2)n1. The van der Waals surface area contributed by atoms with Crippen molar-refractivity contribution in [3.8, 4) is 17.1 Å². The molecule has 1 aliphatic heterocycles. The number of nitrogen functional groups attached to an aromatic ring is 1. The first-order valence-electron chi connectivity index (χ1n) is 10.9. The zero-order valence-corrected chi connectivity index (χ0v) is 18.8. The summed E-state index contributed by atoms with van der Waals surface area (Å²) in [6, 6.07) is 1.40. The normalized spacial score (nSPS) is 22.7. The highest BCUT2D eigenvalue weighted by atomic mass is 19.4. The third kappa shape index (κ3) is 5.64. The molecular weight excluding hydrogens is 455 g/mol. The average Bonchev–Trinajstić information content (AvgIpc) is 2.75. The van der Waals surface area contributed by atoms with Crippen LogP contribution in [-0.2, 0) is 9.53 Å². The van der Waals surface area contributed by atoms with Crippen LogP contribution in [0, 0.1) is 0 Å². The van der Waals surface area contributed by atoms with E-state index in [1.54, 1.807) is 18.5 Å². The van der Waals surface area contributed by atoms with Gasteiger partial charge in [0.2, 0.25) is 23.7 Å². The molecule has 1 saturated heterocycles. The molecule has 0 radical (unpaired) electrons. The molecule has 2 aromatic heterocycles. The van der Waals surface area contributed by atoms with E-state index in [1.807, 2.05) is 11.8 Å². The lowest BCUT2D eigenvalue weighted by Gasteiger charge is -2.41. The van der Waals surface area contributed by atoms with Crippen molar-refractivity contribution in [2.24, 2.45) is 0 Å². The number of rotatable bonds is 6. The molecule has 2 aliphatic rings. The van der Waals surface area contributed by atoms with Crippen molar-refractivity contribution in [3.05, 3.63) is 18.5 Å². The van der Waals surface area contributed by atoms with E-state index in [0.717, 1.165) is 4.90 Å². The van der Waals surface area contributed by atoms with Crippen LogP contribution in [0.3, 0.4) is 0 Å². The van der Waals surface area contributed by atoms with Crippen LogP contribution in [0.4, 0.5) is 25.1 Å². The van der Waals surface area contributed by atoms with Gasteiger partial charge >= 0.3 is 6.18 Å². The molecule has 2 aromatic rings. The first-order valence-corrected chi connectivity index (χ1v) is 10.9. The van der Waals surface area contributed by atoms with Gasteiger partial charge in [0.15, 0.2) is 0 Å². The molecule has 2 fully saturated rings. The topological polar surface area (TPSA) is 120 Å². The van der Waals surface area contributed by atoms with Gasteiger partial charge in [-0.1, -0.05) is 0 Å². The van der Waals surface area contributed by atoms with Gasteiger partial charge < -0.3 is 25.0 Å². The van der Waals surface area contributed by atoms with Crippen LogP contribution >= 0.6 is 0 Å². The van der Waals surface area contributed by atoms with Crippen LogP contribution in [0.5, 0.6) is 5.88 Å². The molecular formula is C21H26F3N7O3. The molecule has 1 amide bonds. The predicted molar refractivity (Wildman–Crippen MR) is 116 cm³/mol. The third-order valence-corrected chi connectivity index (χ3v) is 5.93. The maximum Gasteiger partial charge on any atom is 0.397 e. The molecule has 1 aliphatic carbocycles. The van der Waals surface area contributed by atoms with Gasteiger partial charge in [0.25, 0.3) is 0 Å². The number of halogens is 3. The van der Waals surface area contributed by atoms with E-state index in [-0.39, 0.29) is 24.1 Å². The fourth-order valence-corrected chi connectivity index (χ4v) is 3.86. The van der Waals surface area contributed by atoms with Crippen LogP contribution in [-0.4, -0.2) is 81.9 Å². The van der Waals surface area contributed by atoms with Crippen LogP contribution < -0.4 is 15.4 Å². The van der Waals surface area contributed by atoms with E-state index in [2.05, 4.69) is 19.9 Å². The highest BCUT2D eigenvalue weighted by molar-refractivity contribution is 5.77. The molecule has 0 unspecified atom stereocenters. The highest BCUT2D eigenvalue weighted by Crippen LogP contribution is 2.32. The number of anilines is 2. The van der Waals surface area contributed by atoms with Gasteiger partial charge in [0, 0.05) is 56.5 Å². The molecule has 0 aromatic carbocycles. The molecule has 4 rings (SSSR count). The van der Waals surface area contributed by atoms with Crippen molar-refractivity contribution in [2.75, 3.05) is 37.4 Å². The maximum atomic E-state index is 12.5. The Balaban J connectivity index is 1.49. The van der Waals surface area contributed by atoms with Crippen molar-refractivity contribution >= 4 is 17.8 Å². The Morgan fingerprint density at radius 2 is 2.00 bits per heavy atom. The highest BCUT2D eigenvalue weighted by Gasteiger charge is 2.40. The van der Waals surface area contributed by atoms with Gasteiger partial charge in [0.05, 0.1) is 24.9 Å². The minimum Gasteiger partial charge on any atom is -0.474 e. The van der Waals surface area contributed by atoms with Crippen LogP contribution in [0.2, 0.25) is 0 Å². The smallest absolute Gasteiger partial charge is 0.397 e. The summed E-state index contributed by atoms with van der Waals surface area (Å²) >= 11 is 0. The number of aromatic nitrogens is 4. The number of amides is 1. The van der Waals surface area contributed by atoms with E-state index < -0.39 is 18.5 Å². The molecule has 0 bridgehead atoms. The lowest BCUT2D eigenvalue weighted by atomic mass is 9.88. The van der Waals surface area contributed by atoms with Gasteiger partial charge in [-0.05, 0) is 6.92 Å². The number of morpholine rings is 1. The van der Waals surface area contributed by atoms with Crippen molar-refractivity contribution in [1.82, 2.24) is 24.8 Å². The van der Waals surface area contributed by atoms with E-state index >= 15 is 0 Å². The number of nitrogens with zero attached hydrogens (tertiary/aromatic N) is 6. The van der Waals surface area contributed by atoms with E-state index in [0.29, 0.717) is 55.7 Å². The summed E-state index contributed by atoms with van der Waals surface area (Å²) in [5, 5.41) is 0. The second kappa shape index (κ2) is 9.57. The lowest BCUT2D eigenvalue weighted by molar-refractivity contribution is -0.164. The summed E-state index contributed by atoms with van der Waals surface area (Å²) in [6.07, 6.45) is -2.34. The number of hydrogen-bond donors (Lipinski definition) is 1. The second-order valence-electron chi connectivity index (χ2n) is 8.50. The third-order valence-electron chi connectivity index (χ3n) is 5.93. The standard InChI is InChI=1S/C21H26F3N7O3/c1-12-11-33-4-3-31(12)20-28-16(13-9-26-19(25)27-10-13)7-17(29-20)34-15-5-14(6-15)30(2)18(32)8-21(22,23)24/h7,9-10,12,14-15H,3-6,8,11H2,1-2H3,(H2,25,26,27)/t12-,14-,15-/m0/s1. The number of hydrogen-bond acceptors (Lipinski definition) is 9. The van der Waals surface area contributed by atoms with Crippen molar-refractivity contribution in [1.29, 1.82) is 0 Å². The lowest BCUT2D eigenvalue weighted by Crippen LogP contribution is -2.50. The average molecular weight is 481 g/mol. The Bertz CT molecular complexity index is 1020. The minimum absolute atomic E-state index is 0.0564. The largest absolute Gasteiger partial charge is 0.474 e. The van der Waals surface area contributed by atoms with E-state index in [1.165, 1.54) is 7.05 Å².